The van der Waals surface area contributed by atoms with E-state index in [9.17, 15) is 4.79 Å². The van der Waals surface area contributed by atoms with Crippen molar-refractivity contribution < 1.29 is 4.79 Å². The van der Waals surface area contributed by atoms with Crippen molar-refractivity contribution >= 4 is 5.91 Å². The largest absolute Gasteiger partial charge is 0.348 e. The molecule has 0 bridgehead atoms. The van der Waals surface area contributed by atoms with Crippen LogP contribution in [0.5, 0.6) is 0 Å². The smallest absolute Gasteiger partial charge is 0.251 e. The normalized spacial score (nSPS) is 15.9. The molecule has 0 radical (unpaired) electrons. The summed E-state index contributed by atoms with van der Waals surface area (Å²) in [6.45, 7) is 7.23. The summed E-state index contributed by atoms with van der Waals surface area (Å²) in [4.78, 5) is 15.5. The Bertz CT molecular complexity index is 720. The van der Waals surface area contributed by atoms with E-state index in [1.165, 1.54) is 11.1 Å². The molecule has 0 aliphatic heterocycles. The quantitative estimate of drug-likeness (QED) is 0.747. The fraction of sp³-hybridized carbons (Fsp3) is 0.435. The second kappa shape index (κ2) is 9.00. The number of benzene rings is 2. The van der Waals surface area contributed by atoms with Gasteiger partial charge in [0.1, 0.15) is 0 Å². The van der Waals surface area contributed by atoms with Gasteiger partial charge in [-0.3, -0.25) is 9.69 Å². The molecule has 3 nitrogen and oxygen atoms in total. The first-order valence-electron chi connectivity index (χ1n) is 9.92. The summed E-state index contributed by atoms with van der Waals surface area (Å²) in [5, 5.41) is 3.11. The number of amides is 1. The molecule has 1 amide bonds. The Morgan fingerprint density at radius 2 is 1.77 bits per heavy atom. The fourth-order valence-corrected chi connectivity index (χ4v) is 4.10. The minimum Gasteiger partial charge on any atom is -0.348 e. The van der Waals surface area contributed by atoms with E-state index in [0.29, 0.717) is 12.6 Å². The maximum Gasteiger partial charge on any atom is 0.251 e. The topological polar surface area (TPSA) is 32.3 Å². The van der Waals surface area contributed by atoms with Crippen LogP contribution < -0.4 is 5.32 Å². The molecule has 1 atom stereocenters. The molecule has 0 spiro atoms. The number of carbonyl (C=O) groups is 1. The lowest BCUT2D eigenvalue weighted by molar-refractivity contribution is 0.0947. The highest BCUT2D eigenvalue weighted by atomic mass is 16.1. The molecule has 26 heavy (non-hydrogen) atoms. The van der Waals surface area contributed by atoms with Crippen LogP contribution in [0.2, 0.25) is 0 Å². The van der Waals surface area contributed by atoms with Gasteiger partial charge in [-0.1, -0.05) is 56.3 Å². The first-order chi connectivity index (χ1) is 12.7. The standard InChI is InChI=1S/C23H30N2O/c1-3-15-25(16-4-2)21-14-13-19-11-8-12-20(22(19)21)23(26)24-17-18-9-6-5-7-10-18/h5-12,21H,3-4,13-17H2,1-2H3,(H,24,26)/t21-/m1/s1. The van der Waals surface area contributed by atoms with Crippen LogP contribution in [0.3, 0.4) is 0 Å². The summed E-state index contributed by atoms with van der Waals surface area (Å²) in [6, 6.07) is 16.7. The van der Waals surface area contributed by atoms with Crippen molar-refractivity contribution in [3.05, 3.63) is 70.8 Å². The molecule has 0 saturated carbocycles. The average molecular weight is 351 g/mol. The van der Waals surface area contributed by atoms with Crippen molar-refractivity contribution in [3.63, 3.8) is 0 Å². The Balaban J connectivity index is 1.81. The lowest BCUT2D eigenvalue weighted by Crippen LogP contribution is -2.31. The summed E-state index contributed by atoms with van der Waals surface area (Å²) < 4.78 is 0. The molecule has 2 aromatic rings. The zero-order valence-corrected chi connectivity index (χ0v) is 16.0. The first-order valence-corrected chi connectivity index (χ1v) is 9.92. The molecule has 1 N–H and O–H groups in total. The van der Waals surface area contributed by atoms with Crippen LogP contribution in [0.4, 0.5) is 0 Å². The summed E-state index contributed by atoms with van der Waals surface area (Å²) in [6.07, 6.45) is 4.49. The first kappa shape index (κ1) is 18.7. The third-order valence-electron chi connectivity index (χ3n) is 5.22. The Morgan fingerprint density at radius 1 is 1.04 bits per heavy atom. The number of nitrogens with one attached hydrogen (secondary N) is 1. The lowest BCUT2D eigenvalue weighted by Gasteiger charge is -2.30. The molecule has 0 unspecified atom stereocenters. The van der Waals surface area contributed by atoms with E-state index in [0.717, 1.165) is 49.9 Å². The van der Waals surface area contributed by atoms with Gasteiger partial charge in [0.15, 0.2) is 0 Å². The van der Waals surface area contributed by atoms with Crippen molar-refractivity contribution in [2.45, 2.75) is 52.1 Å². The van der Waals surface area contributed by atoms with Gasteiger partial charge < -0.3 is 5.32 Å². The number of rotatable bonds is 8. The maximum absolute atomic E-state index is 12.9. The predicted octanol–water partition coefficient (Wildman–Crippen LogP) is 4.73. The van der Waals surface area contributed by atoms with Crippen LogP contribution in [0.25, 0.3) is 0 Å². The van der Waals surface area contributed by atoms with Crippen molar-refractivity contribution in [2.75, 3.05) is 13.1 Å². The highest BCUT2D eigenvalue weighted by molar-refractivity contribution is 5.96. The van der Waals surface area contributed by atoms with Gasteiger partial charge in [-0.2, -0.15) is 0 Å². The van der Waals surface area contributed by atoms with Crippen LogP contribution in [-0.4, -0.2) is 23.9 Å². The second-order valence-electron chi connectivity index (χ2n) is 7.14. The van der Waals surface area contributed by atoms with Gasteiger partial charge in [-0.05, 0) is 61.5 Å². The van der Waals surface area contributed by atoms with E-state index in [-0.39, 0.29) is 5.91 Å². The summed E-state index contributed by atoms with van der Waals surface area (Å²) in [5.41, 5.74) is 4.60. The third-order valence-corrected chi connectivity index (χ3v) is 5.22. The number of carbonyl (C=O) groups excluding carboxylic acids is 1. The zero-order chi connectivity index (χ0) is 18.4. The Hall–Kier alpha value is -2.13. The highest BCUT2D eigenvalue weighted by Gasteiger charge is 2.31. The minimum absolute atomic E-state index is 0.0468. The second-order valence-corrected chi connectivity index (χ2v) is 7.14. The van der Waals surface area contributed by atoms with Gasteiger partial charge in [0.2, 0.25) is 0 Å². The summed E-state index contributed by atoms with van der Waals surface area (Å²) in [5.74, 6) is 0.0468. The molecule has 0 aromatic heterocycles. The molecular formula is C23H30N2O. The lowest BCUT2D eigenvalue weighted by atomic mass is 9.98. The number of fused-ring (bicyclic) bond motifs is 1. The van der Waals surface area contributed by atoms with Crippen LogP contribution in [0.1, 0.15) is 66.2 Å². The van der Waals surface area contributed by atoms with Gasteiger partial charge in [0, 0.05) is 18.2 Å². The van der Waals surface area contributed by atoms with Crippen molar-refractivity contribution in [1.82, 2.24) is 10.2 Å². The number of nitrogens with zero attached hydrogens (tertiary/aromatic N) is 1. The highest BCUT2D eigenvalue weighted by Crippen LogP contribution is 2.38. The molecule has 1 aliphatic rings. The number of hydrogen-bond acceptors (Lipinski definition) is 2. The Labute approximate surface area is 157 Å². The van der Waals surface area contributed by atoms with Gasteiger partial charge in [0.05, 0.1) is 0 Å². The SMILES string of the molecule is CCCN(CCC)[C@@H]1CCc2cccc(C(=O)NCc3ccccc3)c21. The van der Waals surface area contributed by atoms with Crippen LogP contribution in [0.15, 0.2) is 48.5 Å². The van der Waals surface area contributed by atoms with E-state index in [4.69, 9.17) is 0 Å². The van der Waals surface area contributed by atoms with E-state index >= 15 is 0 Å². The maximum atomic E-state index is 12.9. The molecule has 1 aliphatic carbocycles. The molecule has 138 valence electrons. The van der Waals surface area contributed by atoms with Crippen molar-refractivity contribution in [2.24, 2.45) is 0 Å². The molecule has 3 heteroatoms. The Morgan fingerprint density at radius 3 is 2.46 bits per heavy atom. The predicted molar refractivity (Wildman–Crippen MR) is 107 cm³/mol. The molecule has 0 heterocycles. The van der Waals surface area contributed by atoms with E-state index in [2.05, 4.69) is 30.1 Å². The van der Waals surface area contributed by atoms with Gasteiger partial charge in [-0.25, -0.2) is 0 Å². The van der Waals surface area contributed by atoms with Gasteiger partial charge in [-0.15, -0.1) is 0 Å². The zero-order valence-electron chi connectivity index (χ0n) is 16.0. The molecule has 2 aromatic carbocycles. The van der Waals surface area contributed by atoms with Gasteiger partial charge in [0.25, 0.3) is 5.91 Å². The summed E-state index contributed by atoms with van der Waals surface area (Å²) in [7, 11) is 0. The van der Waals surface area contributed by atoms with E-state index < -0.39 is 0 Å². The van der Waals surface area contributed by atoms with Crippen LogP contribution in [0, 0.1) is 0 Å². The van der Waals surface area contributed by atoms with E-state index in [1.807, 2.05) is 42.5 Å². The molecule has 3 rings (SSSR count). The van der Waals surface area contributed by atoms with E-state index in [1.54, 1.807) is 0 Å². The molecule has 0 fully saturated rings. The molecular weight excluding hydrogens is 320 g/mol. The minimum atomic E-state index is 0.0468. The van der Waals surface area contributed by atoms with Crippen LogP contribution >= 0.6 is 0 Å². The number of hydrogen-bond donors (Lipinski definition) is 1. The summed E-state index contributed by atoms with van der Waals surface area (Å²) >= 11 is 0. The Kier molecular flexibility index (Phi) is 6.45. The monoisotopic (exact) mass is 350 g/mol. The van der Waals surface area contributed by atoms with Gasteiger partial charge >= 0.3 is 0 Å². The molecule has 0 saturated heterocycles. The average Bonchev–Trinajstić information content (AvgIpc) is 3.11. The third kappa shape index (κ3) is 4.16. The van der Waals surface area contributed by atoms with Crippen molar-refractivity contribution in [1.29, 1.82) is 0 Å². The number of aryl methyl sites for hydroxylation is 1. The van der Waals surface area contributed by atoms with Crippen molar-refractivity contribution in [3.8, 4) is 0 Å². The fourth-order valence-electron chi connectivity index (χ4n) is 4.10. The van der Waals surface area contributed by atoms with Crippen LogP contribution in [-0.2, 0) is 13.0 Å².